The molecular formula is C9H15F3N2O2. The maximum atomic E-state index is 11.7. The topological polar surface area (TPSA) is 50.4 Å². The monoisotopic (exact) mass is 240 g/mol. The first-order chi connectivity index (χ1) is 7.45. The van der Waals surface area contributed by atoms with Gasteiger partial charge in [-0.05, 0) is 6.42 Å². The Labute approximate surface area is 91.8 Å². The van der Waals surface area contributed by atoms with Crippen molar-refractivity contribution in [2.75, 3.05) is 26.2 Å². The van der Waals surface area contributed by atoms with E-state index in [1.165, 1.54) is 6.26 Å². The molecule has 0 fully saturated rings. The van der Waals surface area contributed by atoms with Crippen molar-refractivity contribution in [2.24, 2.45) is 0 Å². The summed E-state index contributed by atoms with van der Waals surface area (Å²) >= 11 is 0. The molecule has 4 nitrogen and oxygen atoms in total. The third kappa shape index (κ3) is 10.8. The average molecular weight is 240 g/mol. The lowest BCUT2D eigenvalue weighted by Crippen LogP contribution is -2.38. The normalized spacial score (nSPS) is 10.9. The third-order valence-electron chi connectivity index (χ3n) is 1.49. The maximum Gasteiger partial charge on any atom is 0.401 e. The van der Waals surface area contributed by atoms with Crippen molar-refractivity contribution in [2.45, 2.75) is 12.6 Å². The van der Waals surface area contributed by atoms with Crippen LogP contribution in [0.4, 0.5) is 13.2 Å². The van der Waals surface area contributed by atoms with Crippen molar-refractivity contribution >= 4 is 5.91 Å². The van der Waals surface area contributed by atoms with Gasteiger partial charge in [-0.2, -0.15) is 13.2 Å². The predicted molar refractivity (Wildman–Crippen MR) is 52.7 cm³/mol. The molecule has 0 saturated carbocycles. The SMILES string of the molecule is C=COCCCNC(=O)CNCC(F)(F)F. The second-order valence-corrected chi connectivity index (χ2v) is 2.96. The molecular weight excluding hydrogens is 225 g/mol. The van der Waals surface area contributed by atoms with Crippen LogP contribution in [0.15, 0.2) is 12.8 Å². The van der Waals surface area contributed by atoms with Gasteiger partial charge in [0.2, 0.25) is 5.91 Å². The molecule has 0 aliphatic heterocycles. The van der Waals surface area contributed by atoms with E-state index in [2.05, 4.69) is 11.9 Å². The number of rotatable bonds is 8. The summed E-state index contributed by atoms with van der Waals surface area (Å²) in [5, 5.41) is 4.44. The van der Waals surface area contributed by atoms with E-state index in [0.29, 0.717) is 19.6 Å². The van der Waals surface area contributed by atoms with Gasteiger partial charge in [0.1, 0.15) is 0 Å². The zero-order valence-corrected chi connectivity index (χ0v) is 8.77. The second-order valence-electron chi connectivity index (χ2n) is 2.96. The Morgan fingerprint density at radius 1 is 1.44 bits per heavy atom. The molecule has 1 amide bonds. The highest BCUT2D eigenvalue weighted by atomic mass is 19.4. The van der Waals surface area contributed by atoms with E-state index in [1.54, 1.807) is 0 Å². The highest BCUT2D eigenvalue weighted by Gasteiger charge is 2.26. The lowest BCUT2D eigenvalue weighted by molar-refractivity contribution is -0.128. The van der Waals surface area contributed by atoms with Crippen molar-refractivity contribution in [1.29, 1.82) is 0 Å². The van der Waals surface area contributed by atoms with Gasteiger partial charge >= 0.3 is 6.18 Å². The molecule has 0 aliphatic carbocycles. The summed E-state index contributed by atoms with van der Waals surface area (Å²) in [5.41, 5.74) is 0. The minimum absolute atomic E-state index is 0.345. The van der Waals surface area contributed by atoms with Crippen molar-refractivity contribution in [3.63, 3.8) is 0 Å². The number of halogens is 3. The van der Waals surface area contributed by atoms with Crippen molar-refractivity contribution in [3.8, 4) is 0 Å². The van der Waals surface area contributed by atoms with Crippen molar-refractivity contribution in [3.05, 3.63) is 12.8 Å². The van der Waals surface area contributed by atoms with Gasteiger partial charge in [0, 0.05) is 6.54 Å². The highest BCUT2D eigenvalue weighted by molar-refractivity contribution is 5.77. The molecule has 0 radical (unpaired) electrons. The van der Waals surface area contributed by atoms with E-state index in [0.717, 1.165) is 0 Å². The second kappa shape index (κ2) is 7.98. The fourth-order valence-electron chi connectivity index (χ4n) is 0.847. The van der Waals surface area contributed by atoms with Gasteiger partial charge in [0.25, 0.3) is 0 Å². The van der Waals surface area contributed by atoms with Crippen LogP contribution < -0.4 is 10.6 Å². The van der Waals surface area contributed by atoms with E-state index in [4.69, 9.17) is 4.74 Å². The molecule has 0 aromatic heterocycles. The number of nitrogens with one attached hydrogen (secondary N) is 2. The minimum atomic E-state index is -4.29. The van der Waals surface area contributed by atoms with Crippen LogP contribution in [0.1, 0.15) is 6.42 Å². The molecule has 16 heavy (non-hydrogen) atoms. The molecule has 0 heterocycles. The van der Waals surface area contributed by atoms with Crippen LogP contribution in [0.2, 0.25) is 0 Å². The predicted octanol–water partition coefficient (Wildman–Crippen LogP) is 0.805. The Morgan fingerprint density at radius 2 is 2.12 bits per heavy atom. The van der Waals surface area contributed by atoms with Crippen LogP contribution in [0.25, 0.3) is 0 Å². The van der Waals surface area contributed by atoms with E-state index in [9.17, 15) is 18.0 Å². The molecule has 0 unspecified atom stereocenters. The highest BCUT2D eigenvalue weighted by Crippen LogP contribution is 2.11. The Balaban J connectivity index is 3.35. The number of hydrogen-bond donors (Lipinski definition) is 2. The van der Waals surface area contributed by atoms with Crippen LogP contribution in [0, 0.1) is 0 Å². The standard InChI is InChI=1S/C9H15F3N2O2/c1-2-16-5-3-4-14-8(15)6-13-7-9(10,11)12/h2,13H,1,3-7H2,(H,14,15). The van der Waals surface area contributed by atoms with Gasteiger partial charge in [0.15, 0.2) is 0 Å². The fraction of sp³-hybridized carbons (Fsp3) is 0.667. The molecule has 0 aromatic carbocycles. The van der Waals surface area contributed by atoms with Crippen molar-refractivity contribution in [1.82, 2.24) is 10.6 Å². The number of ether oxygens (including phenoxy) is 1. The Bertz CT molecular complexity index is 219. The molecule has 2 N–H and O–H groups in total. The summed E-state index contributed by atoms with van der Waals surface area (Å²) in [5.74, 6) is -0.470. The summed E-state index contributed by atoms with van der Waals surface area (Å²) in [7, 11) is 0. The first-order valence-corrected chi connectivity index (χ1v) is 4.72. The Morgan fingerprint density at radius 3 is 2.69 bits per heavy atom. The minimum Gasteiger partial charge on any atom is -0.502 e. The van der Waals surface area contributed by atoms with Gasteiger partial charge in [-0.3, -0.25) is 4.79 Å². The first-order valence-electron chi connectivity index (χ1n) is 4.72. The van der Waals surface area contributed by atoms with Gasteiger partial charge < -0.3 is 15.4 Å². The van der Waals surface area contributed by atoms with E-state index < -0.39 is 18.6 Å². The lowest BCUT2D eigenvalue weighted by Gasteiger charge is -2.08. The molecule has 0 rings (SSSR count). The van der Waals surface area contributed by atoms with Crippen LogP contribution in [0.5, 0.6) is 0 Å². The maximum absolute atomic E-state index is 11.7. The summed E-state index contributed by atoms with van der Waals surface area (Å²) in [6, 6.07) is 0. The Hall–Kier alpha value is -1.24. The van der Waals surface area contributed by atoms with Crippen LogP contribution in [0.3, 0.4) is 0 Å². The first kappa shape index (κ1) is 14.8. The third-order valence-corrected chi connectivity index (χ3v) is 1.49. The summed E-state index contributed by atoms with van der Waals surface area (Å²) < 4.78 is 39.8. The number of alkyl halides is 3. The van der Waals surface area contributed by atoms with Crippen LogP contribution in [-0.2, 0) is 9.53 Å². The summed E-state index contributed by atoms with van der Waals surface area (Å²) in [4.78, 5) is 11.0. The number of amides is 1. The quantitative estimate of drug-likeness (QED) is 0.487. The fourth-order valence-corrected chi connectivity index (χ4v) is 0.847. The number of carbonyl (C=O) groups excluding carboxylic acids is 1. The van der Waals surface area contributed by atoms with E-state index in [-0.39, 0.29) is 6.54 Å². The molecule has 7 heteroatoms. The zero-order chi connectivity index (χ0) is 12.4. The van der Waals surface area contributed by atoms with Crippen LogP contribution >= 0.6 is 0 Å². The Kier molecular flexibility index (Phi) is 7.36. The molecule has 0 saturated heterocycles. The van der Waals surface area contributed by atoms with Gasteiger partial charge in [0.05, 0.1) is 26.0 Å². The summed E-state index contributed by atoms with van der Waals surface area (Å²) in [6.45, 7) is 2.60. The van der Waals surface area contributed by atoms with Crippen LogP contribution in [-0.4, -0.2) is 38.3 Å². The van der Waals surface area contributed by atoms with E-state index in [1.807, 2.05) is 5.32 Å². The summed E-state index contributed by atoms with van der Waals surface area (Å²) in [6.07, 6.45) is -2.43. The lowest BCUT2D eigenvalue weighted by atomic mass is 10.4. The largest absolute Gasteiger partial charge is 0.502 e. The molecule has 94 valence electrons. The van der Waals surface area contributed by atoms with Gasteiger partial charge in [-0.25, -0.2) is 0 Å². The van der Waals surface area contributed by atoms with Gasteiger partial charge in [-0.15, -0.1) is 0 Å². The molecule has 0 aromatic rings. The smallest absolute Gasteiger partial charge is 0.401 e. The molecule has 0 aliphatic rings. The average Bonchev–Trinajstić information content (AvgIpc) is 2.15. The molecule has 0 bridgehead atoms. The van der Waals surface area contributed by atoms with Gasteiger partial charge in [-0.1, -0.05) is 6.58 Å². The number of carbonyl (C=O) groups is 1. The zero-order valence-electron chi connectivity index (χ0n) is 8.77. The van der Waals surface area contributed by atoms with Crippen molar-refractivity contribution < 1.29 is 22.7 Å². The number of hydrogen-bond acceptors (Lipinski definition) is 3. The molecule has 0 spiro atoms. The molecule has 0 atom stereocenters. The van der Waals surface area contributed by atoms with E-state index >= 15 is 0 Å².